The van der Waals surface area contributed by atoms with Gasteiger partial charge in [-0.2, -0.15) is 0 Å². The van der Waals surface area contributed by atoms with E-state index >= 15 is 0 Å². The van der Waals surface area contributed by atoms with Crippen LogP contribution in [0.2, 0.25) is 0 Å². The van der Waals surface area contributed by atoms with Gasteiger partial charge in [0.05, 0.1) is 26.9 Å². The summed E-state index contributed by atoms with van der Waals surface area (Å²) in [5.41, 5.74) is 0.269. The van der Waals surface area contributed by atoms with Crippen molar-refractivity contribution in [3.05, 3.63) is 48.0 Å². The lowest BCUT2D eigenvalue weighted by Crippen LogP contribution is -2.20. The fraction of sp³-hybridized carbons (Fsp3) is 0.263. The molecule has 2 aromatic rings. The third kappa shape index (κ3) is 4.89. The van der Waals surface area contributed by atoms with Crippen LogP contribution in [0.5, 0.6) is 23.0 Å². The first-order valence-corrected chi connectivity index (χ1v) is 7.75. The summed E-state index contributed by atoms with van der Waals surface area (Å²) in [4.78, 5) is 24.1. The van der Waals surface area contributed by atoms with Crippen LogP contribution in [0, 0.1) is 0 Å². The van der Waals surface area contributed by atoms with Gasteiger partial charge in [-0.3, -0.25) is 4.79 Å². The fourth-order valence-corrected chi connectivity index (χ4v) is 2.17. The van der Waals surface area contributed by atoms with Gasteiger partial charge < -0.3 is 23.7 Å². The number of methoxy groups -OCH3 is 3. The fourth-order valence-electron chi connectivity index (χ4n) is 2.17. The van der Waals surface area contributed by atoms with Crippen molar-refractivity contribution in [3.8, 4) is 23.0 Å². The van der Waals surface area contributed by atoms with Crippen LogP contribution in [0.3, 0.4) is 0 Å². The van der Waals surface area contributed by atoms with Gasteiger partial charge in [-0.15, -0.1) is 0 Å². The Morgan fingerprint density at radius 3 is 2.15 bits per heavy atom. The van der Waals surface area contributed by atoms with Crippen LogP contribution in [0.4, 0.5) is 0 Å². The van der Waals surface area contributed by atoms with Gasteiger partial charge in [0, 0.05) is 0 Å². The van der Waals surface area contributed by atoms with E-state index in [0.29, 0.717) is 23.0 Å². The normalized spacial score (nSPS) is 9.96. The molecule has 0 spiro atoms. The smallest absolute Gasteiger partial charge is 0.344 e. The van der Waals surface area contributed by atoms with Crippen molar-refractivity contribution in [1.82, 2.24) is 0 Å². The number of hydrogen-bond donors (Lipinski definition) is 0. The highest BCUT2D eigenvalue weighted by Gasteiger charge is 2.16. The van der Waals surface area contributed by atoms with Crippen LogP contribution in [-0.4, -0.2) is 46.3 Å². The van der Waals surface area contributed by atoms with Gasteiger partial charge in [-0.25, -0.2) is 4.79 Å². The van der Waals surface area contributed by atoms with Crippen molar-refractivity contribution in [2.45, 2.75) is 0 Å². The van der Waals surface area contributed by atoms with E-state index in [9.17, 15) is 9.59 Å². The molecule has 0 aromatic heterocycles. The minimum absolute atomic E-state index is 0.269. The predicted molar refractivity (Wildman–Crippen MR) is 93.3 cm³/mol. The maximum Gasteiger partial charge on any atom is 0.344 e. The Hall–Kier alpha value is -3.22. The standard InChI is InChI=1S/C19H20O7/c1-22-13-8-9-16(23-2)14(10-13)15(20)11-26-19(21)12-25-18-7-5-4-6-17(18)24-3/h4-10H,11-12H2,1-3H3. The zero-order chi connectivity index (χ0) is 18.9. The van der Waals surface area contributed by atoms with E-state index in [1.807, 2.05) is 0 Å². The average molecular weight is 360 g/mol. The molecule has 0 atom stereocenters. The molecule has 0 heterocycles. The van der Waals surface area contributed by atoms with Crippen molar-refractivity contribution in [1.29, 1.82) is 0 Å². The molecule has 138 valence electrons. The maximum absolute atomic E-state index is 12.3. The monoisotopic (exact) mass is 360 g/mol. The number of Topliss-reactive ketones (excluding diaryl/α,β-unsaturated/α-hetero) is 1. The predicted octanol–water partition coefficient (Wildman–Crippen LogP) is 2.52. The number of benzene rings is 2. The quantitative estimate of drug-likeness (QED) is 0.502. The highest BCUT2D eigenvalue weighted by atomic mass is 16.6. The molecular weight excluding hydrogens is 340 g/mol. The number of para-hydroxylation sites is 2. The molecule has 0 bridgehead atoms. The van der Waals surface area contributed by atoms with Crippen molar-refractivity contribution < 1.29 is 33.3 Å². The Labute approximate surface area is 151 Å². The molecule has 7 nitrogen and oxygen atoms in total. The summed E-state index contributed by atoms with van der Waals surface area (Å²) in [6.45, 7) is -0.777. The van der Waals surface area contributed by atoms with Crippen LogP contribution in [0.1, 0.15) is 10.4 Å². The molecule has 0 aliphatic carbocycles. The zero-order valence-electron chi connectivity index (χ0n) is 14.8. The Morgan fingerprint density at radius 1 is 0.808 bits per heavy atom. The average Bonchev–Trinajstić information content (AvgIpc) is 2.69. The van der Waals surface area contributed by atoms with Gasteiger partial charge >= 0.3 is 5.97 Å². The van der Waals surface area contributed by atoms with Gasteiger partial charge in [0.2, 0.25) is 5.78 Å². The molecular formula is C19H20O7. The van der Waals surface area contributed by atoms with E-state index < -0.39 is 18.4 Å². The molecule has 0 saturated carbocycles. The molecule has 0 radical (unpaired) electrons. The summed E-state index contributed by atoms with van der Waals surface area (Å²) in [6.07, 6.45) is 0. The van der Waals surface area contributed by atoms with Crippen LogP contribution in [0.15, 0.2) is 42.5 Å². The number of esters is 1. The highest BCUT2D eigenvalue weighted by Crippen LogP contribution is 2.26. The lowest BCUT2D eigenvalue weighted by Gasteiger charge is -2.11. The Kier molecular flexibility index (Phi) is 6.84. The summed E-state index contributed by atoms with van der Waals surface area (Å²) < 4.78 is 25.7. The number of carbonyl (C=O) groups excluding carboxylic acids is 2. The summed E-state index contributed by atoms with van der Waals surface area (Å²) in [5, 5.41) is 0. The van der Waals surface area contributed by atoms with Crippen LogP contribution in [-0.2, 0) is 9.53 Å². The molecule has 0 aliphatic heterocycles. The second-order valence-corrected chi connectivity index (χ2v) is 5.09. The third-order valence-electron chi connectivity index (χ3n) is 3.49. The second kappa shape index (κ2) is 9.31. The number of ether oxygens (including phenoxy) is 5. The summed E-state index contributed by atoms with van der Waals surface area (Å²) >= 11 is 0. The van der Waals surface area contributed by atoms with E-state index in [4.69, 9.17) is 23.7 Å². The molecule has 0 N–H and O–H groups in total. The molecule has 2 aromatic carbocycles. The van der Waals surface area contributed by atoms with E-state index in [1.54, 1.807) is 36.4 Å². The van der Waals surface area contributed by atoms with Crippen molar-refractivity contribution in [2.24, 2.45) is 0 Å². The van der Waals surface area contributed by atoms with Crippen molar-refractivity contribution >= 4 is 11.8 Å². The molecule has 2 rings (SSSR count). The van der Waals surface area contributed by atoms with Crippen LogP contribution in [0.25, 0.3) is 0 Å². The van der Waals surface area contributed by atoms with Crippen molar-refractivity contribution in [3.63, 3.8) is 0 Å². The van der Waals surface area contributed by atoms with Crippen molar-refractivity contribution in [2.75, 3.05) is 34.5 Å². The van der Waals surface area contributed by atoms with Gasteiger partial charge in [-0.1, -0.05) is 12.1 Å². The largest absolute Gasteiger partial charge is 0.497 e. The van der Waals surface area contributed by atoms with Crippen LogP contribution < -0.4 is 18.9 Å². The molecule has 0 saturated heterocycles. The lowest BCUT2D eigenvalue weighted by molar-refractivity contribution is -0.144. The van der Waals surface area contributed by atoms with Gasteiger partial charge in [0.15, 0.2) is 24.7 Å². The number of ketones is 1. The van der Waals surface area contributed by atoms with Gasteiger partial charge in [0.1, 0.15) is 11.5 Å². The molecule has 0 unspecified atom stereocenters. The first kappa shape index (κ1) is 19.1. The van der Waals surface area contributed by atoms with E-state index in [2.05, 4.69) is 0 Å². The minimum atomic E-state index is -0.675. The number of rotatable bonds is 9. The SMILES string of the molecule is COc1ccc(OC)c(C(=O)COC(=O)COc2ccccc2OC)c1. The first-order chi connectivity index (χ1) is 12.6. The van der Waals surface area contributed by atoms with E-state index in [1.165, 1.54) is 27.4 Å². The van der Waals surface area contributed by atoms with E-state index in [0.717, 1.165) is 0 Å². The maximum atomic E-state index is 12.3. The number of hydrogen-bond acceptors (Lipinski definition) is 7. The molecule has 26 heavy (non-hydrogen) atoms. The van der Waals surface area contributed by atoms with Gasteiger partial charge in [-0.05, 0) is 30.3 Å². The lowest BCUT2D eigenvalue weighted by atomic mass is 10.1. The van der Waals surface area contributed by atoms with Gasteiger partial charge in [0.25, 0.3) is 0 Å². The Bertz CT molecular complexity index is 770. The first-order valence-electron chi connectivity index (χ1n) is 7.75. The Morgan fingerprint density at radius 2 is 1.50 bits per heavy atom. The van der Waals surface area contributed by atoms with E-state index in [-0.39, 0.29) is 12.2 Å². The zero-order valence-corrected chi connectivity index (χ0v) is 14.8. The topological polar surface area (TPSA) is 80.3 Å². The summed E-state index contributed by atoms with van der Waals surface area (Å²) in [5.74, 6) is 0.694. The molecule has 0 amide bonds. The van der Waals surface area contributed by atoms with Crippen LogP contribution >= 0.6 is 0 Å². The summed E-state index contributed by atoms with van der Waals surface area (Å²) in [7, 11) is 4.44. The third-order valence-corrected chi connectivity index (χ3v) is 3.49. The molecule has 7 heteroatoms. The second-order valence-electron chi connectivity index (χ2n) is 5.09. The minimum Gasteiger partial charge on any atom is -0.497 e. The molecule has 0 aliphatic rings. The highest BCUT2D eigenvalue weighted by molar-refractivity contribution is 6.00. The Balaban J connectivity index is 1.92. The molecule has 0 fully saturated rings. The summed E-state index contributed by atoms with van der Waals surface area (Å²) in [6, 6.07) is 11.7. The number of carbonyl (C=O) groups is 2.